The summed E-state index contributed by atoms with van der Waals surface area (Å²) in [6, 6.07) is 4.31. The Balaban J connectivity index is 2.74. The fourth-order valence-corrected chi connectivity index (χ4v) is 1.67. The van der Waals surface area contributed by atoms with Gasteiger partial charge in [0.1, 0.15) is 0 Å². The molecule has 88 valence electrons. The van der Waals surface area contributed by atoms with E-state index in [1.54, 1.807) is 7.05 Å². The maximum absolute atomic E-state index is 10.7. The highest BCUT2D eigenvalue weighted by molar-refractivity contribution is 5.64. The number of hydrogen-bond acceptors (Lipinski definition) is 1. The van der Waals surface area contributed by atoms with Crippen molar-refractivity contribution in [1.29, 1.82) is 0 Å². The van der Waals surface area contributed by atoms with Gasteiger partial charge in [0.2, 0.25) is 0 Å². The summed E-state index contributed by atoms with van der Waals surface area (Å²) in [5.41, 5.74) is 5.02. The Labute approximate surface area is 96.7 Å². The smallest absolute Gasteiger partial charge is 0.407 e. The van der Waals surface area contributed by atoms with Crippen molar-refractivity contribution in [3.8, 4) is 0 Å². The first kappa shape index (κ1) is 12.6. The molecule has 1 rings (SSSR count). The molecule has 0 aliphatic heterocycles. The lowest BCUT2D eigenvalue weighted by Crippen LogP contribution is -2.27. The van der Waals surface area contributed by atoms with Crippen molar-refractivity contribution in [3.63, 3.8) is 0 Å². The van der Waals surface area contributed by atoms with Crippen molar-refractivity contribution in [3.05, 3.63) is 34.4 Å². The molecule has 0 aliphatic carbocycles. The molecule has 3 nitrogen and oxygen atoms in total. The summed E-state index contributed by atoms with van der Waals surface area (Å²) in [5, 5.41) is 8.75. The first-order valence-electron chi connectivity index (χ1n) is 5.42. The molecule has 0 aromatic heterocycles. The van der Waals surface area contributed by atoms with Crippen LogP contribution < -0.4 is 0 Å². The van der Waals surface area contributed by atoms with Gasteiger partial charge in [-0.3, -0.25) is 0 Å². The Hall–Kier alpha value is -1.51. The van der Waals surface area contributed by atoms with Crippen LogP contribution in [-0.2, 0) is 6.42 Å². The maximum Gasteiger partial charge on any atom is 0.407 e. The molecule has 0 bridgehead atoms. The molecule has 1 amide bonds. The fraction of sp³-hybridized carbons (Fsp3) is 0.462. The fourth-order valence-electron chi connectivity index (χ4n) is 1.67. The lowest BCUT2D eigenvalue weighted by molar-refractivity contribution is 0.156. The van der Waals surface area contributed by atoms with Crippen LogP contribution in [0.25, 0.3) is 0 Å². The number of nitrogens with zero attached hydrogens (tertiary/aromatic N) is 1. The van der Waals surface area contributed by atoms with Gasteiger partial charge in [0, 0.05) is 13.6 Å². The Morgan fingerprint density at radius 3 is 2.31 bits per heavy atom. The van der Waals surface area contributed by atoms with Gasteiger partial charge in [0.05, 0.1) is 0 Å². The Morgan fingerprint density at radius 2 is 1.75 bits per heavy atom. The van der Waals surface area contributed by atoms with Crippen LogP contribution in [-0.4, -0.2) is 29.7 Å². The molecule has 0 atom stereocenters. The zero-order valence-corrected chi connectivity index (χ0v) is 10.4. The van der Waals surface area contributed by atoms with E-state index in [9.17, 15) is 4.79 Å². The topological polar surface area (TPSA) is 40.5 Å². The second-order valence-corrected chi connectivity index (χ2v) is 4.32. The average molecular weight is 221 g/mol. The van der Waals surface area contributed by atoms with Crippen LogP contribution in [0.15, 0.2) is 12.1 Å². The first-order valence-corrected chi connectivity index (χ1v) is 5.42. The Morgan fingerprint density at radius 1 is 1.19 bits per heavy atom. The van der Waals surface area contributed by atoms with E-state index in [0.717, 1.165) is 6.42 Å². The highest BCUT2D eigenvalue weighted by Crippen LogP contribution is 2.15. The number of carboxylic acid groups (broad SMARTS) is 1. The lowest BCUT2D eigenvalue weighted by Gasteiger charge is -2.15. The molecular formula is C13H19NO2. The van der Waals surface area contributed by atoms with E-state index in [1.807, 2.05) is 0 Å². The number of hydrogen-bond donors (Lipinski definition) is 1. The lowest BCUT2D eigenvalue weighted by atomic mass is 9.99. The van der Waals surface area contributed by atoms with Crippen molar-refractivity contribution in [2.45, 2.75) is 27.2 Å². The van der Waals surface area contributed by atoms with Crippen LogP contribution in [0.5, 0.6) is 0 Å². The minimum atomic E-state index is -0.874. The maximum atomic E-state index is 10.7. The van der Waals surface area contributed by atoms with Gasteiger partial charge in [-0.25, -0.2) is 4.79 Å². The number of carbonyl (C=O) groups is 1. The van der Waals surface area contributed by atoms with Gasteiger partial charge in [-0.15, -0.1) is 0 Å². The average Bonchev–Trinajstić information content (AvgIpc) is 2.20. The molecule has 0 fully saturated rings. The van der Waals surface area contributed by atoms with E-state index in [0.29, 0.717) is 6.54 Å². The van der Waals surface area contributed by atoms with Gasteiger partial charge < -0.3 is 10.0 Å². The van der Waals surface area contributed by atoms with Crippen LogP contribution in [0, 0.1) is 20.8 Å². The summed E-state index contributed by atoms with van der Waals surface area (Å²) in [4.78, 5) is 12.0. The first-order chi connectivity index (χ1) is 7.41. The normalized spacial score (nSPS) is 10.2. The number of aryl methyl sites for hydroxylation is 3. The number of amides is 1. The number of rotatable bonds is 3. The van der Waals surface area contributed by atoms with E-state index >= 15 is 0 Å². The van der Waals surface area contributed by atoms with Gasteiger partial charge in [0.25, 0.3) is 0 Å². The van der Waals surface area contributed by atoms with E-state index < -0.39 is 6.09 Å². The van der Waals surface area contributed by atoms with E-state index in [4.69, 9.17) is 5.11 Å². The van der Waals surface area contributed by atoms with E-state index in [-0.39, 0.29) is 0 Å². The van der Waals surface area contributed by atoms with Gasteiger partial charge in [-0.1, -0.05) is 12.1 Å². The second-order valence-electron chi connectivity index (χ2n) is 4.32. The molecule has 1 aromatic rings. The predicted molar refractivity (Wildman–Crippen MR) is 65.0 cm³/mol. The molecule has 0 unspecified atom stereocenters. The summed E-state index contributed by atoms with van der Waals surface area (Å²) in [5.74, 6) is 0. The van der Waals surface area contributed by atoms with E-state index in [2.05, 4.69) is 32.9 Å². The second kappa shape index (κ2) is 5.01. The van der Waals surface area contributed by atoms with E-state index in [1.165, 1.54) is 27.2 Å². The summed E-state index contributed by atoms with van der Waals surface area (Å²) >= 11 is 0. The molecule has 1 aromatic carbocycles. The third kappa shape index (κ3) is 2.99. The molecule has 0 radical (unpaired) electrons. The zero-order valence-electron chi connectivity index (χ0n) is 10.4. The minimum absolute atomic E-state index is 0.540. The predicted octanol–water partition coefficient (Wildman–Crippen LogP) is 2.76. The summed E-state index contributed by atoms with van der Waals surface area (Å²) in [6.07, 6.45) is -0.100. The molecular weight excluding hydrogens is 202 g/mol. The largest absolute Gasteiger partial charge is 0.465 e. The van der Waals surface area contributed by atoms with Gasteiger partial charge >= 0.3 is 6.09 Å². The number of benzene rings is 1. The van der Waals surface area contributed by atoms with Gasteiger partial charge in [0.15, 0.2) is 0 Å². The van der Waals surface area contributed by atoms with Crippen molar-refractivity contribution >= 4 is 6.09 Å². The molecule has 0 saturated heterocycles. The molecule has 0 spiro atoms. The molecule has 0 heterocycles. The standard InChI is InChI=1S/C13H19NO2/c1-9-7-11(3)12(8-10(9)2)5-6-14(4)13(15)16/h7-8H,5-6H2,1-4H3,(H,15,16). The SMILES string of the molecule is Cc1cc(C)c(CCN(C)C(=O)O)cc1C. The minimum Gasteiger partial charge on any atom is -0.465 e. The summed E-state index contributed by atoms with van der Waals surface area (Å²) in [7, 11) is 1.60. The summed E-state index contributed by atoms with van der Waals surface area (Å²) in [6.45, 7) is 6.79. The monoisotopic (exact) mass is 221 g/mol. The number of likely N-dealkylation sites (N-methyl/N-ethyl adjacent to an activating group) is 1. The summed E-state index contributed by atoms with van der Waals surface area (Å²) < 4.78 is 0. The molecule has 0 saturated carbocycles. The highest BCUT2D eigenvalue weighted by Gasteiger charge is 2.07. The Bertz CT molecular complexity index is 399. The van der Waals surface area contributed by atoms with Crippen LogP contribution in [0.4, 0.5) is 4.79 Å². The molecule has 16 heavy (non-hydrogen) atoms. The third-order valence-corrected chi connectivity index (χ3v) is 3.00. The van der Waals surface area contributed by atoms with Crippen LogP contribution in [0.2, 0.25) is 0 Å². The molecule has 1 N–H and O–H groups in total. The quantitative estimate of drug-likeness (QED) is 0.852. The third-order valence-electron chi connectivity index (χ3n) is 3.00. The van der Waals surface area contributed by atoms with Crippen molar-refractivity contribution in [2.75, 3.05) is 13.6 Å². The van der Waals surface area contributed by atoms with Crippen molar-refractivity contribution in [1.82, 2.24) is 4.90 Å². The van der Waals surface area contributed by atoms with Crippen LogP contribution in [0.3, 0.4) is 0 Å². The van der Waals surface area contributed by atoms with Crippen LogP contribution in [0.1, 0.15) is 22.3 Å². The van der Waals surface area contributed by atoms with Crippen molar-refractivity contribution < 1.29 is 9.90 Å². The molecule has 3 heteroatoms. The zero-order chi connectivity index (χ0) is 12.3. The van der Waals surface area contributed by atoms with Crippen molar-refractivity contribution in [2.24, 2.45) is 0 Å². The molecule has 0 aliphatic rings. The van der Waals surface area contributed by atoms with Gasteiger partial charge in [-0.05, 0) is 49.4 Å². The van der Waals surface area contributed by atoms with Crippen LogP contribution >= 0.6 is 0 Å². The highest BCUT2D eigenvalue weighted by atomic mass is 16.4. The van der Waals surface area contributed by atoms with Gasteiger partial charge in [-0.2, -0.15) is 0 Å². The Kier molecular flexibility index (Phi) is 3.93.